The topological polar surface area (TPSA) is 81.4 Å². The fourth-order valence-electron chi connectivity index (χ4n) is 1.75. The average Bonchev–Trinajstić information content (AvgIpc) is 2.61. The van der Waals surface area contributed by atoms with Gasteiger partial charge in [-0.2, -0.15) is 5.10 Å². The number of rotatable bonds is 6. The summed E-state index contributed by atoms with van der Waals surface area (Å²) in [5, 5.41) is 13.4. The Hall–Kier alpha value is -1.37. The summed E-state index contributed by atoms with van der Waals surface area (Å²) < 4.78 is 7.14. The highest BCUT2D eigenvalue weighted by Gasteiger charge is 2.30. The molecule has 7 heteroatoms. The minimum atomic E-state index is -1.21. The van der Waals surface area contributed by atoms with Crippen LogP contribution in [0.4, 0.5) is 0 Å². The lowest BCUT2D eigenvalue weighted by Gasteiger charge is -2.11. The smallest absolute Gasteiger partial charge is 0.320 e. The van der Waals surface area contributed by atoms with Crippen LogP contribution in [0.1, 0.15) is 25.2 Å². The van der Waals surface area contributed by atoms with Crippen molar-refractivity contribution in [2.45, 2.75) is 26.7 Å². The van der Waals surface area contributed by atoms with E-state index in [0.29, 0.717) is 5.69 Å². The molecule has 19 heavy (non-hydrogen) atoms. The molecule has 1 rings (SSSR count). The molecule has 6 nitrogen and oxygen atoms in total. The SMILES string of the molecule is CCOC(=O)C(Cc1c(Br)c(CC)nn1C)C(=O)O. The average molecular weight is 333 g/mol. The molecule has 1 unspecified atom stereocenters. The highest BCUT2D eigenvalue weighted by Crippen LogP contribution is 2.24. The summed E-state index contributed by atoms with van der Waals surface area (Å²) >= 11 is 3.40. The molecular weight excluding hydrogens is 316 g/mol. The molecule has 0 radical (unpaired) electrons. The quantitative estimate of drug-likeness (QED) is 0.631. The van der Waals surface area contributed by atoms with Gasteiger partial charge in [-0.15, -0.1) is 0 Å². The Morgan fingerprint density at radius 1 is 1.47 bits per heavy atom. The van der Waals surface area contributed by atoms with Crippen LogP contribution >= 0.6 is 15.9 Å². The molecule has 1 aromatic rings. The van der Waals surface area contributed by atoms with Crippen LogP contribution in [-0.4, -0.2) is 33.4 Å². The Morgan fingerprint density at radius 3 is 2.53 bits per heavy atom. The lowest BCUT2D eigenvalue weighted by atomic mass is 10.0. The maximum absolute atomic E-state index is 11.6. The van der Waals surface area contributed by atoms with E-state index in [4.69, 9.17) is 9.84 Å². The van der Waals surface area contributed by atoms with Gasteiger partial charge >= 0.3 is 11.9 Å². The number of aliphatic carboxylic acids is 1. The number of ether oxygens (including phenoxy) is 1. The molecule has 0 aromatic carbocycles. The maximum atomic E-state index is 11.6. The normalized spacial score (nSPS) is 12.2. The van der Waals surface area contributed by atoms with E-state index < -0.39 is 17.9 Å². The predicted octanol–water partition coefficient (Wildman–Crippen LogP) is 1.55. The number of aromatic nitrogens is 2. The van der Waals surface area contributed by atoms with Gasteiger partial charge in [-0.25, -0.2) is 0 Å². The Balaban J connectivity index is 3.00. The molecule has 0 aliphatic carbocycles. The van der Waals surface area contributed by atoms with Gasteiger partial charge in [-0.1, -0.05) is 6.92 Å². The van der Waals surface area contributed by atoms with Gasteiger partial charge in [0.2, 0.25) is 0 Å². The van der Waals surface area contributed by atoms with Gasteiger partial charge in [-0.05, 0) is 29.3 Å². The van der Waals surface area contributed by atoms with E-state index in [1.54, 1.807) is 18.7 Å². The Morgan fingerprint density at radius 2 is 2.11 bits per heavy atom. The number of hydrogen-bond donors (Lipinski definition) is 1. The van der Waals surface area contributed by atoms with Gasteiger partial charge in [0.15, 0.2) is 5.92 Å². The number of carboxylic acids is 1. The van der Waals surface area contributed by atoms with Crippen molar-refractivity contribution in [2.24, 2.45) is 13.0 Å². The van der Waals surface area contributed by atoms with Crippen molar-refractivity contribution in [2.75, 3.05) is 6.61 Å². The third-order valence-corrected chi connectivity index (χ3v) is 3.69. The van der Waals surface area contributed by atoms with Gasteiger partial charge in [0.05, 0.1) is 22.5 Å². The number of esters is 1. The number of nitrogens with zero attached hydrogens (tertiary/aromatic N) is 2. The number of aryl methyl sites for hydroxylation is 2. The summed E-state index contributed by atoms with van der Waals surface area (Å²) in [6.45, 7) is 3.76. The lowest BCUT2D eigenvalue weighted by molar-refractivity contribution is -0.158. The van der Waals surface area contributed by atoms with Crippen molar-refractivity contribution in [3.05, 3.63) is 15.9 Å². The van der Waals surface area contributed by atoms with E-state index in [2.05, 4.69) is 21.0 Å². The van der Waals surface area contributed by atoms with Crippen LogP contribution < -0.4 is 0 Å². The Kier molecular flexibility index (Phi) is 5.53. The minimum absolute atomic E-state index is 0.0538. The van der Waals surface area contributed by atoms with Gasteiger partial charge in [0.25, 0.3) is 0 Å². The first-order valence-electron chi connectivity index (χ1n) is 6.01. The van der Waals surface area contributed by atoms with Crippen LogP contribution in [0.25, 0.3) is 0 Å². The second-order valence-corrected chi connectivity index (χ2v) is 4.82. The van der Waals surface area contributed by atoms with Crippen molar-refractivity contribution in [3.8, 4) is 0 Å². The first-order chi connectivity index (χ1) is 8.92. The zero-order chi connectivity index (χ0) is 14.6. The fourth-order valence-corrected chi connectivity index (χ4v) is 2.53. The van der Waals surface area contributed by atoms with Crippen LogP contribution in [0, 0.1) is 5.92 Å². The van der Waals surface area contributed by atoms with E-state index in [-0.39, 0.29) is 13.0 Å². The van der Waals surface area contributed by atoms with Gasteiger partial charge < -0.3 is 9.84 Å². The predicted molar refractivity (Wildman–Crippen MR) is 71.7 cm³/mol. The molecule has 1 atom stereocenters. The Labute approximate surface area is 119 Å². The summed E-state index contributed by atoms with van der Waals surface area (Å²) in [4.78, 5) is 22.8. The number of carbonyl (C=O) groups is 2. The van der Waals surface area contributed by atoms with Crippen molar-refractivity contribution >= 4 is 27.9 Å². The molecule has 0 saturated carbocycles. The zero-order valence-corrected chi connectivity index (χ0v) is 12.7. The highest BCUT2D eigenvalue weighted by molar-refractivity contribution is 9.10. The highest BCUT2D eigenvalue weighted by atomic mass is 79.9. The number of carboxylic acid groups (broad SMARTS) is 1. The molecule has 1 heterocycles. The van der Waals surface area contributed by atoms with Crippen molar-refractivity contribution in [1.29, 1.82) is 0 Å². The van der Waals surface area contributed by atoms with Crippen molar-refractivity contribution < 1.29 is 19.4 Å². The second kappa shape index (κ2) is 6.70. The molecule has 0 spiro atoms. The molecule has 0 aliphatic heterocycles. The van der Waals surface area contributed by atoms with Crippen LogP contribution in [-0.2, 0) is 34.2 Å². The summed E-state index contributed by atoms with van der Waals surface area (Å²) in [7, 11) is 1.73. The summed E-state index contributed by atoms with van der Waals surface area (Å²) in [6.07, 6.45) is 0.782. The van der Waals surface area contributed by atoms with Crippen LogP contribution in [0.15, 0.2) is 4.47 Å². The van der Waals surface area contributed by atoms with Crippen LogP contribution in [0.2, 0.25) is 0 Å². The Bertz CT molecular complexity index is 484. The van der Waals surface area contributed by atoms with Crippen molar-refractivity contribution in [1.82, 2.24) is 9.78 Å². The van der Waals surface area contributed by atoms with Crippen LogP contribution in [0.3, 0.4) is 0 Å². The van der Waals surface area contributed by atoms with Gasteiger partial charge in [0.1, 0.15) is 0 Å². The number of halogens is 1. The summed E-state index contributed by atoms with van der Waals surface area (Å²) in [6, 6.07) is 0. The van der Waals surface area contributed by atoms with E-state index >= 15 is 0 Å². The zero-order valence-electron chi connectivity index (χ0n) is 11.1. The summed E-state index contributed by atoms with van der Waals surface area (Å²) in [5.74, 6) is -3.12. The lowest BCUT2D eigenvalue weighted by Crippen LogP contribution is -2.28. The fraction of sp³-hybridized carbons (Fsp3) is 0.583. The maximum Gasteiger partial charge on any atom is 0.320 e. The van der Waals surface area contributed by atoms with Crippen LogP contribution in [0.5, 0.6) is 0 Å². The minimum Gasteiger partial charge on any atom is -0.481 e. The molecule has 0 bridgehead atoms. The third kappa shape index (κ3) is 3.56. The molecular formula is C12H17BrN2O4. The molecule has 106 valence electrons. The molecule has 1 N–H and O–H groups in total. The summed E-state index contributed by atoms with van der Waals surface area (Å²) in [5.41, 5.74) is 1.52. The third-order valence-electron chi connectivity index (χ3n) is 2.77. The van der Waals surface area contributed by atoms with E-state index in [1.165, 1.54) is 0 Å². The molecule has 0 aliphatic rings. The molecule has 1 aromatic heterocycles. The van der Waals surface area contributed by atoms with E-state index in [1.807, 2.05) is 6.92 Å². The molecule has 0 fully saturated rings. The monoisotopic (exact) mass is 332 g/mol. The van der Waals surface area contributed by atoms with Gasteiger partial charge in [-0.3, -0.25) is 14.3 Å². The molecule has 0 saturated heterocycles. The molecule has 0 amide bonds. The van der Waals surface area contributed by atoms with Gasteiger partial charge in [0, 0.05) is 13.5 Å². The van der Waals surface area contributed by atoms with Crippen molar-refractivity contribution in [3.63, 3.8) is 0 Å². The number of hydrogen-bond acceptors (Lipinski definition) is 4. The first-order valence-corrected chi connectivity index (χ1v) is 6.81. The largest absolute Gasteiger partial charge is 0.481 e. The van der Waals surface area contributed by atoms with E-state index in [0.717, 1.165) is 16.6 Å². The standard InChI is InChI=1S/C12H17BrN2O4/c1-4-8-10(13)9(15(3)14-8)6-7(11(16)17)12(18)19-5-2/h7H,4-6H2,1-3H3,(H,16,17). The first kappa shape index (κ1) is 15.7. The number of carbonyl (C=O) groups excluding carboxylic acids is 1. The second-order valence-electron chi connectivity index (χ2n) is 4.03. The van der Waals surface area contributed by atoms with E-state index in [9.17, 15) is 9.59 Å².